The predicted octanol–water partition coefficient (Wildman–Crippen LogP) is -2.05. The highest BCUT2D eigenvalue weighted by molar-refractivity contribution is 5.86. The molecular formula is C8H17N3O3. The molecule has 0 aromatic carbocycles. The third kappa shape index (κ3) is 3.71. The van der Waals surface area contributed by atoms with Crippen molar-refractivity contribution < 1.29 is 14.7 Å². The Morgan fingerprint density at radius 3 is 2.36 bits per heavy atom. The third-order valence-corrected chi connectivity index (χ3v) is 1.98. The number of aliphatic hydroxyl groups is 1. The van der Waals surface area contributed by atoms with E-state index in [9.17, 15) is 9.59 Å². The van der Waals surface area contributed by atoms with E-state index >= 15 is 0 Å². The molecule has 1 unspecified atom stereocenters. The molecule has 0 aliphatic rings. The Morgan fingerprint density at radius 1 is 1.50 bits per heavy atom. The first-order chi connectivity index (χ1) is 6.31. The normalized spacial score (nSPS) is 13.4. The fourth-order valence-corrected chi connectivity index (χ4v) is 0.624. The number of amides is 2. The number of rotatable bonds is 5. The van der Waals surface area contributed by atoms with Crippen molar-refractivity contribution in [1.29, 1.82) is 0 Å². The highest BCUT2D eigenvalue weighted by atomic mass is 16.3. The van der Waals surface area contributed by atoms with Crippen LogP contribution in [0.5, 0.6) is 0 Å². The zero-order chi connectivity index (χ0) is 11.4. The maximum absolute atomic E-state index is 11.4. The standard InChI is InChI=1S/C8H17N3O3/c1-8(2,10-3)7(14)11-4-5(12)6(9)13/h5,10,12H,4H2,1-3H3,(H2,9,13)(H,11,14). The molecule has 82 valence electrons. The van der Waals surface area contributed by atoms with Crippen molar-refractivity contribution in [1.82, 2.24) is 10.6 Å². The minimum absolute atomic E-state index is 0.167. The van der Waals surface area contributed by atoms with E-state index in [1.807, 2.05) is 0 Å². The molecule has 0 spiro atoms. The Hall–Kier alpha value is -1.14. The van der Waals surface area contributed by atoms with E-state index in [1.165, 1.54) is 0 Å². The Labute approximate surface area is 82.9 Å². The molecule has 0 saturated carbocycles. The van der Waals surface area contributed by atoms with Crippen molar-refractivity contribution in [3.8, 4) is 0 Å². The van der Waals surface area contributed by atoms with Crippen LogP contribution in [0.2, 0.25) is 0 Å². The molecule has 6 heteroatoms. The van der Waals surface area contributed by atoms with Crippen LogP contribution in [0.25, 0.3) is 0 Å². The molecule has 2 amide bonds. The van der Waals surface area contributed by atoms with Crippen LogP contribution in [0.4, 0.5) is 0 Å². The molecule has 0 saturated heterocycles. The highest BCUT2D eigenvalue weighted by Gasteiger charge is 2.25. The number of nitrogens with two attached hydrogens (primary N) is 1. The molecule has 0 radical (unpaired) electrons. The summed E-state index contributed by atoms with van der Waals surface area (Å²) in [6, 6.07) is 0. The first-order valence-corrected chi connectivity index (χ1v) is 4.26. The van der Waals surface area contributed by atoms with E-state index < -0.39 is 17.6 Å². The second kappa shape index (κ2) is 4.92. The summed E-state index contributed by atoms with van der Waals surface area (Å²) in [5.74, 6) is -1.16. The molecule has 0 aromatic rings. The summed E-state index contributed by atoms with van der Waals surface area (Å²) in [6.07, 6.45) is -1.34. The van der Waals surface area contributed by atoms with Gasteiger partial charge in [0, 0.05) is 0 Å². The van der Waals surface area contributed by atoms with Crippen LogP contribution in [-0.4, -0.2) is 42.2 Å². The van der Waals surface area contributed by atoms with Gasteiger partial charge in [-0.1, -0.05) is 0 Å². The quantitative estimate of drug-likeness (QED) is 0.412. The van der Waals surface area contributed by atoms with Gasteiger partial charge in [-0.15, -0.1) is 0 Å². The number of aliphatic hydroxyl groups excluding tert-OH is 1. The average Bonchev–Trinajstić information content (AvgIpc) is 2.13. The summed E-state index contributed by atoms with van der Waals surface area (Å²) in [4.78, 5) is 21.8. The van der Waals surface area contributed by atoms with Crippen LogP contribution in [0, 0.1) is 0 Å². The molecular weight excluding hydrogens is 186 g/mol. The molecule has 14 heavy (non-hydrogen) atoms. The van der Waals surface area contributed by atoms with Gasteiger partial charge in [0.15, 0.2) is 0 Å². The lowest BCUT2D eigenvalue weighted by atomic mass is 10.1. The van der Waals surface area contributed by atoms with Gasteiger partial charge in [-0.05, 0) is 20.9 Å². The van der Waals surface area contributed by atoms with Crippen LogP contribution < -0.4 is 16.4 Å². The van der Waals surface area contributed by atoms with Gasteiger partial charge in [0.05, 0.1) is 12.1 Å². The molecule has 0 aliphatic heterocycles. The monoisotopic (exact) mass is 203 g/mol. The average molecular weight is 203 g/mol. The van der Waals surface area contributed by atoms with Crippen molar-refractivity contribution in [2.75, 3.05) is 13.6 Å². The van der Waals surface area contributed by atoms with Gasteiger partial charge in [-0.25, -0.2) is 0 Å². The van der Waals surface area contributed by atoms with Crippen molar-refractivity contribution in [3.05, 3.63) is 0 Å². The fraction of sp³-hybridized carbons (Fsp3) is 0.750. The van der Waals surface area contributed by atoms with Crippen molar-refractivity contribution in [2.24, 2.45) is 5.73 Å². The molecule has 0 fully saturated rings. The van der Waals surface area contributed by atoms with E-state index in [-0.39, 0.29) is 12.5 Å². The minimum atomic E-state index is -1.34. The lowest BCUT2D eigenvalue weighted by Gasteiger charge is -2.23. The summed E-state index contributed by atoms with van der Waals surface area (Å²) < 4.78 is 0. The SMILES string of the molecule is CNC(C)(C)C(=O)NCC(O)C(N)=O. The number of primary amides is 1. The number of nitrogens with one attached hydrogen (secondary N) is 2. The molecule has 0 aliphatic carbocycles. The van der Waals surface area contributed by atoms with Gasteiger partial charge in [0.1, 0.15) is 6.10 Å². The van der Waals surface area contributed by atoms with Crippen LogP contribution in [0.15, 0.2) is 0 Å². The fourth-order valence-electron chi connectivity index (χ4n) is 0.624. The lowest BCUT2D eigenvalue weighted by molar-refractivity contribution is -0.129. The van der Waals surface area contributed by atoms with Crippen LogP contribution >= 0.6 is 0 Å². The summed E-state index contributed by atoms with van der Waals surface area (Å²) in [6.45, 7) is 3.19. The lowest BCUT2D eigenvalue weighted by Crippen LogP contribution is -2.53. The number of hydrogen-bond acceptors (Lipinski definition) is 4. The smallest absolute Gasteiger partial charge is 0.248 e. The first-order valence-electron chi connectivity index (χ1n) is 4.26. The van der Waals surface area contributed by atoms with Gasteiger partial charge in [0.2, 0.25) is 11.8 Å². The number of hydrogen-bond donors (Lipinski definition) is 4. The second-order valence-electron chi connectivity index (χ2n) is 3.50. The maximum atomic E-state index is 11.4. The van der Waals surface area contributed by atoms with E-state index in [0.717, 1.165) is 0 Å². The summed E-state index contributed by atoms with van der Waals surface area (Å²) in [5, 5.41) is 14.2. The van der Waals surface area contributed by atoms with Gasteiger partial charge < -0.3 is 21.5 Å². The molecule has 5 N–H and O–H groups in total. The van der Waals surface area contributed by atoms with E-state index in [0.29, 0.717) is 0 Å². The van der Waals surface area contributed by atoms with Crippen LogP contribution in [0.1, 0.15) is 13.8 Å². The molecule has 1 atom stereocenters. The summed E-state index contributed by atoms with van der Waals surface area (Å²) >= 11 is 0. The maximum Gasteiger partial charge on any atom is 0.248 e. The van der Waals surface area contributed by atoms with Crippen molar-refractivity contribution in [2.45, 2.75) is 25.5 Å². The Kier molecular flexibility index (Phi) is 4.52. The zero-order valence-corrected chi connectivity index (χ0v) is 8.63. The molecule has 0 aromatic heterocycles. The summed E-state index contributed by atoms with van der Waals surface area (Å²) in [5.41, 5.74) is 4.07. The predicted molar refractivity (Wildman–Crippen MR) is 51.3 cm³/mol. The van der Waals surface area contributed by atoms with Gasteiger partial charge in [-0.3, -0.25) is 9.59 Å². The molecule has 0 bridgehead atoms. The van der Waals surface area contributed by atoms with Gasteiger partial charge in [-0.2, -0.15) is 0 Å². The largest absolute Gasteiger partial charge is 0.381 e. The van der Waals surface area contributed by atoms with E-state index in [4.69, 9.17) is 10.8 Å². The molecule has 6 nitrogen and oxygen atoms in total. The van der Waals surface area contributed by atoms with Crippen LogP contribution in [0.3, 0.4) is 0 Å². The third-order valence-electron chi connectivity index (χ3n) is 1.98. The zero-order valence-electron chi connectivity index (χ0n) is 8.63. The highest BCUT2D eigenvalue weighted by Crippen LogP contribution is 1.99. The van der Waals surface area contributed by atoms with E-state index in [1.54, 1.807) is 20.9 Å². The summed E-state index contributed by atoms with van der Waals surface area (Å²) in [7, 11) is 1.64. The Balaban J connectivity index is 4.03. The van der Waals surface area contributed by atoms with Crippen molar-refractivity contribution >= 4 is 11.8 Å². The number of likely N-dealkylation sites (N-methyl/N-ethyl adjacent to an activating group) is 1. The Bertz CT molecular complexity index is 228. The van der Waals surface area contributed by atoms with Gasteiger partial charge >= 0.3 is 0 Å². The number of carbonyl (C=O) groups is 2. The molecule has 0 rings (SSSR count). The van der Waals surface area contributed by atoms with E-state index in [2.05, 4.69) is 10.6 Å². The Morgan fingerprint density at radius 2 is 2.00 bits per heavy atom. The van der Waals surface area contributed by atoms with Crippen LogP contribution in [-0.2, 0) is 9.59 Å². The second-order valence-corrected chi connectivity index (χ2v) is 3.50. The topological polar surface area (TPSA) is 104 Å². The van der Waals surface area contributed by atoms with Gasteiger partial charge in [0.25, 0.3) is 0 Å². The minimum Gasteiger partial charge on any atom is -0.381 e. The first kappa shape index (κ1) is 12.9. The number of carbonyl (C=O) groups excluding carboxylic acids is 2. The molecule has 0 heterocycles. The van der Waals surface area contributed by atoms with Crippen molar-refractivity contribution in [3.63, 3.8) is 0 Å².